The van der Waals surface area contributed by atoms with Gasteiger partial charge in [-0.25, -0.2) is 4.98 Å². The maximum Gasteiger partial charge on any atom is 0.293 e. The highest BCUT2D eigenvalue weighted by molar-refractivity contribution is 7.99. The first-order valence-electron chi connectivity index (χ1n) is 8.28. The van der Waals surface area contributed by atoms with Gasteiger partial charge < -0.3 is 0 Å². The average Bonchev–Trinajstić information content (AvgIpc) is 2.54. The molecule has 1 N–H and O–H groups in total. The zero-order valence-corrected chi connectivity index (χ0v) is 15.6. The maximum atomic E-state index is 9.85. The summed E-state index contributed by atoms with van der Waals surface area (Å²) in [5, 5.41) is 9.85. The van der Waals surface area contributed by atoms with Gasteiger partial charge in [0, 0.05) is 16.1 Å². The molecule has 0 fully saturated rings. The van der Waals surface area contributed by atoms with Gasteiger partial charge in [0.1, 0.15) is 23.9 Å². The molecule has 1 aliphatic heterocycles. The largest absolute Gasteiger partial charge is 0.293 e. The van der Waals surface area contributed by atoms with E-state index in [1.54, 1.807) is 0 Å². The Labute approximate surface area is 148 Å². The molecule has 0 spiro atoms. The fraction of sp³-hybridized carbons (Fsp3) is 0.400. The Kier molecular flexibility index (Phi) is 4.56. The number of rotatable bonds is 3. The lowest BCUT2D eigenvalue weighted by Crippen LogP contribution is -2.33. The number of aromatic amines is 1. The molecule has 1 aromatic heterocycles. The number of benzene rings is 1. The summed E-state index contributed by atoms with van der Waals surface area (Å²) in [6.45, 7) is 7.43. The molecule has 0 unspecified atom stereocenters. The number of aromatic nitrogens is 1. The highest BCUT2D eigenvalue weighted by Gasteiger charge is 2.33. The van der Waals surface area contributed by atoms with Crippen molar-refractivity contribution in [3.8, 4) is 6.07 Å². The number of pyridine rings is 1. The number of hydrogen-bond acceptors (Lipinski definition) is 3. The van der Waals surface area contributed by atoms with E-state index < -0.39 is 0 Å². The van der Waals surface area contributed by atoms with Crippen LogP contribution in [0, 0.1) is 18.3 Å². The molecule has 0 saturated carbocycles. The lowest BCUT2D eigenvalue weighted by Gasteiger charge is -2.32. The lowest BCUT2D eigenvalue weighted by atomic mass is 9.92. The molecule has 0 radical (unpaired) electrons. The van der Waals surface area contributed by atoms with Gasteiger partial charge in [-0.05, 0) is 24.5 Å². The molecule has 0 saturated heterocycles. The Hall–Kier alpha value is -1.99. The van der Waals surface area contributed by atoms with E-state index in [2.05, 4.69) is 61.0 Å². The predicted molar refractivity (Wildman–Crippen MR) is 100 cm³/mol. The molecule has 1 aliphatic rings. The normalized spacial score (nSPS) is 15.5. The standard InChI is InChI=1S/C20H23N3S/c1-14-18-13-24-20(2,3)10-16(18)17(11-21)19(22-14)23(4)12-15-8-6-5-7-9-15/h5-9H,10,12-13H2,1-4H3/p+1. The van der Waals surface area contributed by atoms with Crippen molar-refractivity contribution in [1.29, 1.82) is 5.26 Å². The number of hydrogen-bond donors (Lipinski definition) is 0. The van der Waals surface area contributed by atoms with E-state index in [1.807, 2.05) is 24.9 Å². The van der Waals surface area contributed by atoms with E-state index in [0.29, 0.717) is 0 Å². The van der Waals surface area contributed by atoms with E-state index in [-0.39, 0.29) is 4.75 Å². The second kappa shape index (κ2) is 6.49. The Morgan fingerprint density at radius 3 is 2.62 bits per heavy atom. The first-order chi connectivity index (χ1) is 11.4. The van der Waals surface area contributed by atoms with Gasteiger partial charge >= 0.3 is 0 Å². The number of H-pyrrole nitrogens is 1. The van der Waals surface area contributed by atoms with Gasteiger partial charge in [-0.2, -0.15) is 17.0 Å². The average molecular weight is 339 g/mol. The van der Waals surface area contributed by atoms with Crippen LogP contribution in [-0.2, 0) is 18.7 Å². The number of nitriles is 1. The summed E-state index contributed by atoms with van der Waals surface area (Å²) in [6, 6.07) is 12.8. The summed E-state index contributed by atoms with van der Waals surface area (Å²) < 4.78 is 0.182. The van der Waals surface area contributed by atoms with Crippen molar-refractivity contribution in [2.24, 2.45) is 0 Å². The minimum absolute atomic E-state index is 0.182. The quantitative estimate of drug-likeness (QED) is 0.852. The van der Waals surface area contributed by atoms with E-state index in [1.165, 1.54) is 22.4 Å². The van der Waals surface area contributed by atoms with E-state index >= 15 is 0 Å². The van der Waals surface area contributed by atoms with Crippen LogP contribution in [0.3, 0.4) is 0 Å². The minimum Gasteiger partial charge on any atom is -0.259 e. The van der Waals surface area contributed by atoms with Crippen LogP contribution in [0.4, 0.5) is 5.82 Å². The molecule has 4 heteroatoms. The molecule has 0 bridgehead atoms. The summed E-state index contributed by atoms with van der Waals surface area (Å²) in [6.07, 6.45) is 0.942. The van der Waals surface area contributed by atoms with Gasteiger partial charge in [-0.15, -0.1) is 0 Å². The number of aryl methyl sites for hydroxylation is 1. The van der Waals surface area contributed by atoms with Crippen LogP contribution in [0.15, 0.2) is 30.3 Å². The number of nitrogens with one attached hydrogen (secondary N) is 1. The predicted octanol–water partition coefficient (Wildman–Crippen LogP) is 3.89. The van der Waals surface area contributed by atoms with Crippen LogP contribution in [0.25, 0.3) is 0 Å². The van der Waals surface area contributed by atoms with Crippen molar-refractivity contribution in [3.05, 3.63) is 58.3 Å². The second-order valence-corrected chi connectivity index (χ2v) is 8.79. The Morgan fingerprint density at radius 1 is 1.25 bits per heavy atom. The fourth-order valence-corrected chi connectivity index (χ4v) is 4.49. The van der Waals surface area contributed by atoms with Gasteiger partial charge in [0.25, 0.3) is 5.82 Å². The summed E-state index contributed by atoms with van der Waals surface area (Å²) >= 11 is 1.97. The third kappa shape index (κ3) is 3.27. The van der Waals surface area contributed by atoms with Crippen LogP contribution in [-0.4, -0.2) is 11.8 Å². The van der Waals surface area contributed by atoms with Crippen LogP contribution in [0.1, 0.15) is 41.8 Å². The monoisotopic (exact) mass is 338 g/mol. The number of fused-ring (bicyclic) bond motifs is 1. The molecule has 3 rings (SSSR count). The first kappa shape index (κ1) is 16.9. The van der Waals surface area contributed by atoms with Gasteiger partial charge in [-0.3, -0.25) is 4.90 Å². The molecule has 0 aliphatic carbocycles. The summed E-state index contributed by atoms with van der Waals surface area (Å²) in [5.41, 5.74) is 5.77. The molecule has 3 nitrogen and oxygen atoms in total. The van der Waals surface area contributed by atoms with Crippen LogP contribution in [0.2, 0.25) is 0 Å². The van der Waals surface area contributed by atoms with Gasteiger partial charge in [0.05, 0.1) is 7.05 Å². The van der Waals surface area contributed by atoms with E-state index in [9.17, 15) is 5.26 Å². The third-order valence-electron chi connectivity index (χ3n) is 4.63. The highest BCUT2D eigenvalue weighted by Crippen LogP contribution is 2.41. The van der Waals surface area contributed by atoms with Crippen LogP contribution >= 0.6 is 11.8 Å². The highest BCUT2D eigenvalue weighted by atomic mass is 32.2. The lowest BCUT2D eigenvalue weighted by molar-refractivity contribution is -0.374. The van der Waals surface area contributed by atoms with Gasteiger partial charge in [-0.1, -0.05) is 44.2 Å². The van der Waals surface area contributed by atoms with Crippen molar-refractivity contribution < 1.29 is 4.98 Å². The SMILES string of the molecule is Cc1[nH+]c(N(C)Cc2ccccc2)c(C#N)c2c1CSC(C)(C)C2. The molecule has 2 aromatic rings. The third-order valence-corrected chi connectivity index (χ3v) is 5.99. The molecule has 1 aromatic carbocycles. The second-order valence-electron chi connectivity index (χ2n) is 7.11. The van der Waals surface area contributed by atoms with Gasteiger partial charge in [0.15, 0.2) is 0 Å². The zero-order chi connectivity index (χ0) is 17.3. The molecule has 2 heterocycles. The number of thioether (sulfide) groups is 1. The Balaban J connectivity index is 2.03. The number of anilines is 1. The Morgan fingerprint density at radius 2 is 1.96 bits per heavy atom. The zero-order valence-electron chi connectivity index (χ0n) is 14.8. The van der Waals surface area contributed by atoms with Crippen molar-refractivity contribution in [2.45, 2.75) is 44.2 Å². The molecule has 0 amide bonds. The van der Waals surface area contributed by atoms with Crippen molar-refractivity contribution in [2.75, 3.05) is 11.9 Å². The van der Waals surface area contributed by atoms with E-state index in [4.69, 9.17) is 0 Å². The molecular weight excluding hydrogens is 314 g/mol. The first-order valence-corrected chi connectivity index (χ1v) is 9.26. The van der Waals surface area contributed by atoms with Gasteiger partial charge in [0.2, 0.25) is 0 Å². The van der Waals surface area contributed by atoms with Crippen LogP contribution in [0.5, 0.6) is 0 Å². The fourth-order valence-electron chi connectivity index (χ4n) is 3.31. The van der Waals surface area contributed by atoms with Crippen molar-refractivity contribution >= 4 is 17.6 Å². The smallest absolute Gasteiger partial charge is 0.259 e. The molecular formula is C20H24N3S+. The molecule has 124 valence electrons. The minimum atomic E-state index is 0.182. The molecule has 24 heavy (non-hydrogen) atoms. The summed E-state index contributed by atoms with van der Waals surface area (Å²) in [7, 11) is 2.05. The van der Waals surface area contributed by atoms with Crippen molar-refractivity contribution in [3.63, 3.8) is 0 Å². The number of nitrogens with zero attached hydrogens (tertiary/aromatic N) is 2. The Bertz CT molecular complexity index is 791. The summed E-state index contributed by atoms with van der Waals surface area (Å²) in [4.78, 5) is 5.64. The topological polar surface area (TPSA) is 41.2 Å². The van der Waals surface area contributed by atoms with E-state index in [0.717, 1.165) is 30.1 Å². The molecule has 0 atom stereocenters. The van der Waals surface area contributed by atoms with Crippen molar-refractivity contribution in [1.82, 2.24) is 0 Å². The van der Waals surface area contributed by atoms with Crippen LogP contribution < -0.4 is 9.88 Å². The summed E-state index contributed by atoms with van der Waals surface area (Å²) in [5.74, 6) is 1.91. The maximum absolute atomic E-state index is 9.85.